The van der Waals surface area contributed by atoms with Gasteiger partial charge in [-0.05, 0) is 51.4 Å². The van der Waals surface area contributed by atoms with Gasteiger partial charge in [-0.25, -0.2) is 0 Å². The number of hydrogen-bond acceptors (Lipinski definition) is 3. The molecule has 3 heteroatoms. The molecule has 3 fully saturated rings. The molecule has 1 N–H and O–H groups in total. The maximum absolute atomic E-state index is 3.66. The molecule has 0 saturated carbocycles. The zero-order valence-corrected chi connectivity index (χ0v) is 11.6. The van der Waals surface area contributed by atoms with Crippen LogP contribution < -0.4 is 5.32 Å². The molecule has 3 nitrogen and oxygen atoms in total. The maximum atomic E-state index is 3.66. The summed E-state index contributed by atoms with van der Waals surface area (Å²) in [5.41, 5.74) is 0. The van der Waals surface area contributed by atoms with Crippen LogP contribution in [0, 0.1) is 5.92 Å². The fourth-order valence-electron chi connectivity index (χ4n) is 3.35. The molecule has 0 aromatic heterocycles. The van der Waals surface area contributed by atoms with Gasteiger partial charge >= 0.3 is 0 Å². The minimum Gasteiger partial charge on any atom is -0.314 e. The van der Waals surface area contributed by atoms with Crippen molar-refractivity contribution in [2.24, 2.45) is 5.92 Å². The second-order valence-electron chi connectivity index (χ2n) is 5.60. The molecule has 0 aliphatic carbocycles. The SMILES string of the molecule is CCN(CC)CCNCC1CC2CCN1CC2. The Balaban J connectivity index is 1.59. The van der Waals surface area contributed by atoms with Crippen LogP contribution in [0.5, 0.6) is 0 Å². The first-order chi connectivity index (χ1) is 8.33. The Morgan fingerprint density at radius 2 is 1.88 bits per heavy atom. The molecule has 1 unspecified atom stereocenters. The van der Waals surface area contributed by atoms with E-state index in [9.17, 15) is 0 Å². The highest BCUT2D eigenvalue weighted by molar-refractivity contribution is 4.88. The fourth-order valence-corrected chi connectivity index (χ4v) is 3.35. The molecule has 1 atom stereocenters. The molecular formula is C14H29N3. The largest absolute Gasteiger partial charge is 0.314 e. The summed E-state index contributed by atoms with van der Waals surface area (Å²) in [6, 6.07) is 0.833. The first-order valence-electron chi connectivity index (χ1n) is 7.50. The van der Waals surface area contributed by atoms with Gasteiger partial charge in [-0.3, -0.25) is 4.90 Å². The third-order valence-electron chi connectivity index (χ3n) is 4.65. The third-order valence-corrected chi connectivity index (χ3v) is 4.65. The minimum absolute atomic E-state index is 0.833. The lowest BCUT2D eigenvalue weighted by atomic mass is 9.83. The Morgan fingerprint density at radius 1 is 1.18 bits per heavy atom. The van der Waals surface area contributed by atoms with Crippen LogP contribution in [-0.2, 0) is 0 Å². The van der Waals surface area contributed by atoms with Gasteiger partial charge in [0.25, 0.3) is 0 Å². The van der Waals surface area contributed by atoms with Crippen molar-refractivity contribution < 1.29 is 0 Å². The van der Waals surface area contributed by atoms with Crippen LogP contribution in [-0.4, -0.2) is 61.7 Å². The van der Waals surface area contributed by atoms with Crippen LogP contribution in [0.2, 0.25) is 0 Å². The van der Waals surface area contributed by atoms with E-state index in [1.54, 1.807) is 0 Å². The molecular weight excluding hydrogens is 210 g/mol. The number of nitrogens with one attached hydrogen (secondary N) is 1. The van der Waals surface area contributed by atoms with Gasteiger partial charge in [0.1, 0.15) is 0 Å². The number of hydrogen-bond donors (Lipinski definition) is 1. The normalized spacial score (nSPS) is 32.3. The van der Waals surface area contributed by atoms with Crippen molar-refractivity contribution in [2.45, 2.75) is 39.2 Å². The van der Waals surface area contributed by atoms with Crippen molar-refractivity contribution in [3.05, 3.63) is 0 Å². The highest BCUT2D eigenvalue weighted by atomic mass is 15.2. The van der Waals surface area contributed by atoms with Crippen LogP contribution in [0.25, 0.3) is 0 Å². The molecule has 0 spiro atoms. The van der Waals surface area contributed by atoms with Crippen molar-refractivity contribution in [3.8, 4) is 0 Å². The summed E-state index contributed by atoms with van der Waals surface area (Å²) >= 11 is 0. The van der Waals surface area contributed by atoms with Gasteiger partial charge in [-0.2, -0.15) is 0 Å². The molecule has 0 aromatic carbocycles. The molecule has 3 rings (SSSR count). The monoisotopic (exact) mass is 239 g/mol. The smallest absolute Gasteiger partial charge is 0.0223 e. The van der Waals surface area contributed by atoms with Gasteiger partial charge in [-0.1, -0.05) is 13.8 Å². The second kappa shape index (κ2) is 6.72. The van der Waals surface area contributed by atoms with Crippen LogP contribution in [0.3, 0.4) is 0 Å². The van der Waals surface area contributed by atoms with E-state index in [-0.39, 0.29) is 0 Å². The number of fused-ring (bicyclic) bond motifs is 3. The molecule has 0 radical (unpaired) electrons. The van der Waals surface area contributed by atoms with Gasteiger partial charge in [0.2, 0.25) is 0 Å². The Morgan fingerprint density at radius 3 is 2.41 bits per heavy atom. The summed E-state index contributed by atoms with van der Waals surface area (Å²) in [4.78, 5) is 5.19. The lowest BCUT2D eigenvalue weighted by Gasteiger charge is -2.45. The summed E-state index contributed by atoms with van der Waals surface area (Å²) < 4.78 is 0. The van der Waals surface area contributed by atoms with Crippen LogP contribution in [0.4, 0.5) is 0 Å². The second-order valence-corrected chi connectivity index (χ2v) is 5.60. The number of piperidine rings is 3. The van der Waals surface area contributed by atoms with Gasteiger partial charge in [-0.15, -0.1) is 0 Å². The predicted molar refractivity (Wildman–Crippen MR) is 73.4 cm³/mol. The number of likely N-dealkylation sites (N-methyl/N-ethyl adjacent to an activating group) is 1. The van der Waals surface area contributed by atoms with Crippen LogP contribution in [0.15, 0.2) is 0 Å². The first-order valence-corrected chi connectivity index (χ1v) is 7.50. The van der Waals surface area contributed by atoms with E-state index >= 15 is 0 Å². The van der Waals surface area contributed by atoms with E-state index in [4.69, 9.17) is 0 Å². The lowest BCUT2D eigenvalue weighted by Crippen LogP contribution is -2.53. The molecule has 100 valence electrons. The van der Waals surface area contributed by atoms with E-state index < -0.39 is 0 Å². The van der Waals surface area contributed by atoms with Gasteiger partial charge < -0.3 is 10.2 Å². The highest BCUT2D eigenvalue weighted by Crippen LogP contribution is 2.31. The Kier molecular flexibility index (Phi) is 5.26. The molecule has 17 heavy (non-hydrogen) atoms. The van der Waals surface area contributed by atoms with Crippen molar-refractivity contribution >= 4 is 0 Å². The summed E-state index contributed by atoms with van der Waals surface area (Å²) in [7, 11) is 0. The topological polar surface area (TPSA) is 18.5 Å². The number of rotatable bonds is 7. The first kappa shape index (κ1) is 13.3. The quantitative estimate of drug-likeness (QED) is 0.678. The standard InChI is InChI=1S/C14H29N3/c1-3-16(4-2)10-7-15-12-14-11-13-5-8-17(14)9-6-13/h13-15H,3-12H2,1-2H3. The van der Waals surface area contributed by atoms with Crippen molar-refractivity contribution in [2.75, 3.05) is 45.8 Å². The average molecular weight is 239 g/mol. The van der Waals surface area contributed by atoms with E-state index in [1.807, 2.05) is 0 Å². The fraction of sp³-hybridized carbons (Fsp3) is 1.00. The number of nitrogens with zero attached hydrogens (tertiary/aromatic N) is 2. The highest BCUT2D eigenvalue weighted by Gasteiger charge is 2.32. The zero-order valence-electron chi connectivity index (χ0n) is 11.6. The Bertz CT molecular complexity index is 208. The van der Waals surface area contributed by atoms with E-state index in [0.717, 1.165) is 18.5 Å². The molecule has 0 amide bonds. The van der Waals surface area contributed by atoms with E-state index in [1.165, 1.54) is 58.5 Å². The predicted octanol–water partition coefficient (Wildman–Crippen LogP) is 1.40. The van der Waals surface area contributed by atoms with Gasteiger partial charge in [0, 0.05) is 25.7 Å². The Hall–Kier alpha value is -0.120. The van der Waals surface area contributed by atoms with Crippen LogP contribution in [0.1, 0.15) is 33.1 Å². The lowest BCUT2D eigenvalue weighted by molar-refractivity contribution is 0.0494. The summed E-state index contributed by atoms with van der Waals surface area (Å²) in [5.74, 6) is 1.04. The maximum Gasteiger partial charge on any atom is 0.0223 e. The molecule has 3 saturated heterocycles. The van der Waals surface area contributed by atoms with E-state index in [0.29, 0.717) is 0 Å². The summed E-state index contributed by atoms with van der Waals surface area (Å²) in [5, 5.41) is 3.66. The average Bonchev–Trinajstić information content (AvgIpc) is 2.40. The van der Waals surface area contributed by atoms with Gasteiger partial charge in [0.15, 0.2) is 0 Å². The third kappa shape index (κ3) is 3.67. The Labute approximate surface area is 107 Å². The molecule has 3 heterocycles. The molecule has 3 aliphatic heterocycles. The minimum atomic E-state index is 0.833. The molecule has 0 aromatic rings. The summed E-state index contributed by atoms with van der Waals surface area (Å²) in [6.07, 6.45) is 4.35. The van der Waals surface area contributed by atoms with Crippen molar-refractivity contribution in [1.29, 1.82) is 0 Å². The zero-order chi connectivity index (χ0) is 12.1. The van der Waals surface area contributed by atoms with Gasteiger partial charge in [0.05, 0.1) is 0 Å². The van der Waals surface area contributed by atoms with Crippen LogP contribution >= 0.6 is 0 Å². The van der Waals surface area contributed by atoms with Crippen molar-refractivity contribution in [3.63, 3.8) is 0 Å². The van der Waals surface area contributed by atoms with E-state index in [2.05, 4.69) is 29.0 Å². The van der Waals surface area contributed by atoms with Crippen molar-refractivity contribution in [1.82, 2.24) is 15.1 Å². The molecule has 3 aliphatic rings. The summed E-state index contributed by atoms with van der Waals surface area (Å²) in [6.45, 7) is 13.1. The molecule has 2 bridgehead atoms.